The van der Waals surface area contributed by atoms with Gasteiger partial charge in [0.05, 0.1) is 0 Å². The fourth-order valence-electron chi connectivity index (χ4n) is 1.51. The van der Waals surface area contributed by atoms with E-state index in [1.807, 2.05) is 0 Å². The topological polar surface area (TPSA) is 0 Å². The van der Waals surface area contributed by atoms with Crippen LogP contribution in [-0.2, 0) is 0 Å². The van der Waals surface area contributed by atoms with Crippen LogP contribution < -0.4 is 0 Å². The predicted octanol–water partition coefficient (Wildman–Crippen LogP) is 2.45. The summed E-state index contributed by atoms with van der Waals surface area (Å²) in [4.78, 5) is 0. The van der Waals surface area contributed by atoms with Crippen LogP contribution in [0, 0.1) is 5.92 Å². The van der Waals surface area contributed by atoms with Gasteiger partial charge in [-0.2, -0.15) is 0 Å². The molecular formula is C9H10. The Labute approximate surface area is 55.6 Å². The Hall–Kier alpha value is -0.780. The van der Waals surface area contributed by atoms with Crippen molar-refractivity contribution in [2.75, 3.05) is 0 Å². The first-order chi connectivity index (χ1) is 4.38. The average Bonchev–Trinajstić information content (AvgIpc) is 2.35. The largest absolute Gasteiger partial charge is 0.0798 e. The van der Waals surface area contributed by atoms with Gasteiger partial charge < -0.3 is 0 Å². The van der Waals surface area contributed by atoms with Crippen molar-refractivity contribution >= 4 is 0 Å². The van der Waals surface area contributed by atoms with Gasteiger partial charge in [0.1, 0.15) is 0 Å². The van der Waals surface area contributed by atoms with E-state index in [2.05, 4.69) is 31.2 Å². The molecule has 2 rings (SSSR count). The minimum Gasteiger partial charge on any atom is -0.0798 e. The highest BCUT2D eigenvalue weighted by molar-refractivity contribution is 5.48. The quantitative estimate of drug-likeness (QED) is 0.458. The zero-order chi connectivity index (χ0) is 6.27. The van der Waals surface area contributed by atoms with Crippen LogP contribution in [0.15, 0.2) is 35.5 Å². The Kier molecular flexibility index (Phi) is 0.895. The van der Waals surface area contributed by atoms with Crippen molar-refractivity contribution in [3.63, 3.8) is 0 Å². The summed E-state index contributed by atoms with van der Waals surface area (Å²) in [6.45, 7) is 2.26. The zero-order valence-electron chi connectivity index (χ0n) is 5.59. The molecule has 0 aromatic heterocycles. The summed E-state index contributed by atoms with van der Waals surface area (Å²) in [6, 6.07) is 0. The van der Waals surface area contributed by atoms with Crippen LogP contribution >= 0.6 is 0 Å². The second-order valence-corrected chi connectivity index (χ2v) is 2.73. The molecule has 0 aromatic carbocycles. The fourth-order valence-corrected chi connectivity index (χ4v) is 1.51. The van der Waals surface area contributed by atoms with Gasteiger partial charge in [0.2, 0.25) is 0 Å². The van der Waals surface area contributed by atoms with Crippen LogP contribution in [0.25, 0.3) is 0 Å². The van der Waals surface area contributed by atoms with E-state index in [0.29, 0.717) is 5.92 Å². The van der Waals surface area contributed by atoms with E-state index in [-0.39, 0.29) is 0 Å². The van der Waals surface area contributed by atoms with Crippen molar-refractivity contribution < 1.29 is 0 Å². The van der Waals surface area contributed by atoms with Gasteiger partial charge in [0.25, 0.3) is 0 Å². The summed E-state index contributed by atoms with van der Waals surface area (Å²) in [5.41, 5.74) is 3.07. The van der Waals surface area contributed by atoms with Crippen LogP contribution in [0.4, 0.5) is 0 Å². The Balaban J connectivity index is 2.41. The van der Waals surface area contributed by atoms with Crippen LogP contribution in [0.1, 0.15) is 13.3 Å². The number of allylic oxidation sites excluding steroid dienone is 6. The van der Waals surface area contributed by atoms with E-state index in [0.717, 1.165) is 0 Å². The second-order valence-electron chi connectivity index (χ2n) is 2.73. The molecular weight excluding hydrogens is 108 g/mol. The lowest BCUT2D eigenvalue weighted by Crippen LogP contribution is -1.88. The van der Waals surface area contributed by atoms with E-state index in [4.69, 9.17) is 0 Å². The van der Waals surface area contributed by atoms with E-state index in [9.17, 15) is 0 Å². The first kappa shape index (κ1) is 5.04. The van der Waals surface area contributed by atoms with E-state index >= 15 is 0 Å². The van der Waals surface area contributed by atoms with Gasteiger partial charge in [0.15, 0.2) is 0 Å². The van der Waals surface area contributed by atoms with Gasteiger partial charge in [-0.25, -0.2) is 0 Å². The lowest BCUT2D eigenvalue weighted by molar-refractivity contribution is 0.854. The van der Waals surface area contributed by atoms with Crippen molar-refractivity contribution in [3.8, 4) is 0 Å². The molecule has 2 aliphatic carbocycles. The molecule has 0 fully saturated rings. The smallest absolute Gasteiger partial charge is 0.00362 e. The van der Waals surface area contributed by atoms with E-state index < -0.39 is 0 Å². The average molecular weight is 118 g/mol. The molecule has 0 bridgehead atoms. The molecule has 0 nitrogen and oxygen atoms in total. The number of hydrogen-bond acceptors (Lipinski definition) is 0. The van der Waals surface area contributed by atoms with Gasteiger partial charge in [-0.1, -0.05) is 36.8 Å². The van der Waals surface area contributed by atoms with Crippen molar-refractivity contribution in [1.29, 1.82) is 0 Å². The molecule has 0 radical (unpaired) electrons. The molecule has 2 aliphatic rings. The Morgan fingerprint density at radius 2 is 2.33 bits per heavy atom. The van der Waals surface area contributed by atoms with Crippen LogP contribution in [-0.4, -0.2) is 0 Å². The first-order valence-electron chi connectivity index (χ1n) is 3.46. The van der Waals surface area contributed by atoms with Crippen molar-refractivity contribution in [2.24, 2.45) is 5.92 Å². The lowest BCUT2D eigenvalue weighted by atomic mass is 10.0. The maximum atomic E-state index is 2.27. The molecule has 0 saturated heterocycles. The first-order valence-corrected chi connectivity index (χ1v) is 3.46. The molecule has 0 N–H and O–H groups in total. The van der Waals surface area contributed by atoms with Crippen LogP contribution in [0.3, 0.4) is 0 Å². The zero-order valence-corrected chi connectivity index (χ0v) is 5.59. The molecule has 46 valence electrons. The highest BCUT2D eigenvalue weighted by Gasteiger charge is 2.16. The number of hydrogen-bond donors (Lipinski definition) is 0. The molecule has 9 heavy (non-hydrogen) atoms. The standard InChI is InChI=1S/C9H10/c1-7-5-6-8-3-2-4-9(7)8/h2-3,5-7H,4H2,1H3. The maximum absolute atomic E-state index is 2.27. The summed E-state index contributed by atoms with van der Waals surface area (Å²) in [5.74, 6) is 0.704. The van der Waals surface area contributed by atoms with E-state index in [1.54, 1.807) is 5.57 Å². The molecule has 1 atom stereocenters. The third kappa shape index (κ3) is 0.593. The summed E-state index contributed by atoms with van der Waals surface area (Å²) < 4.78 is 0. The molecule has 0 spiro atoms. The maximum Gasteiger partial charge on any atom is -0.00362 e. The minimum absolute atomic E-state index is 0.704. The molecule has 0 aliphatic heterocycles. The minimum atomic E-state index is 0.704. The summed E-state index contributed by atoms with van der Waals surface area (Å²) in [7, 11) is 0. The summed E-state index contributed by atoms with van der Waals surface area (Å²) in [6.07, 6.45) is 10.1. The highest BCUT2D eigenvalue weighted by Crippen LogP contribution is 2.32. The van der Waals surface area contributed by atoms with Crippen molar-refractivity contribution in [1.82, 2.24) is 0 Å². The van der Waals surface area contributed by atoms with E-state index in [1.165, 1.54) is 12.0 Å². The summed E-state index contributed by atoms with van der Waals surface area (Å²) in [5, 5.41) is 0. The highest BCUT2D eigenvalue weighted by atomic mass is 14.2. The third-order valence-corrected chi connectivity index (χ3v) is 2.12. The Bertz CT molecular complexity index is 216. The second kappa shape index (κ2) is 1.60. The van der Waals surface area contributed by atoms with Crippen molar-refractivity contribution in [3.05, 3.63) is 35.5 Å². The Morgan fingerprint density at radius 3 is 3.11 bits per heavy atom. The lowest BCUT2D eigenvalue weighted by Gasteiger charge is -2.01. The molecule has 0 heterocycles. The van der Waals surface area contributed by atoms with Gasteiger partial charge in [-0.05, 0) is 17.9 Å². The predicted molar refractivity (Wildman–Crippen MR) is 39.1 cm³/mol. The Morgan fingerprint density at radius 1 is 1.44 bits per heavy atom. The van der Waals surface area contributed by atoms with Gasteiger partial charge >= 0.3 is 0 Å². The summed E-state index contributed by atoms with van der Waals surface area (Å²) >= 11 is 0. The third-order valence-electron chi connectivity index (χ3n) is 2.12. The normalized spacial score (nSPS) is 30.1. The van der Waals surface area contributed by atoms with Gasteiger partial charge in [-0.15, -0.1) is 0 Å². The number of rotatable bonds is 0. The molecule has 1 unspecified atom stereocenters. The molecule has 0 amide bonds. The monoisotopic (exact) mass is 118 g/mol. The van der Waals surface area contributed by atoms with Gasteiger partial charge in [0, 0.05) is 0 Å². The molecule has 0 aromatic rings. The van der Waals surface area contributed by atoms with Gasteiger partial charge in [-0.3, -0.25) is 0 Å². The van der Waals surface area contributed by atoms with Crippen LogP contribution in [0.5, 0.6) is 0 Å². The van der Waals surface area contributed by atoms with Crippen LogP contribution in [0.2, 0.25) is 0 Å². The molecule has 0 heteroatoms. The fraction of sp³-hybridized carbons (Fsp3) is 0.333. The molecule has 0 saturated carbocycles. The van der Waals surface area contributed by atoms with Crippen molar-refractivity contribution in [2.45, 2.75) is 13.3 Å². The SMILES string of the molecule is CC1C=CC2=C1CC=C2.